The van der Waals surface area contributed by atoms with Crippen molar-refractivity contribution in [2.24, 2.45) is 0 Å². The van der Waals surface area contributed by atoms with Gasteiger partial charge in [-0.25, -0.2) is 0 Å². The van der Waals surface area contributed by atoms with Gasteiger partial charge in [-0.05, 0) is 108 Å². The van der Waals surface area contributed by atoms with Gasteiger partial charge in [0.05, 0.1) is 53.1 Å². The average molecular weight is 1330 g/mol. The van der Waals surface area contributed by atoms with Gasteiger partial charge < -0.3 is 9.59 Å². The summed E-state index contributed by atoms with van der Waals surface area (Å²) in [4.78, 5) is 169. The molecule has 0 spiro atoms. The molecule has 0 unspecified atom stereocenters. The first kappa shape index (κ1) is 88.9. The van der Waals surface area contributed by atoms with Crippen molar-refractivity contribution >= 4 is 169 Å². The highest BCUT2D eigenvalue weighted by Gasteiger charge is 2.13. The fourth-order valence-electron chi connectivity index (χ4n) is 6.71. The van der Waals surface area contributed by atoms with Gasteiger partial charge in [-0.2, -0.15) is 82.3 Å². The van der Waals surface area contributed by atoms with Gasteiger partial charge in [-0.1, -0.05) is 27.7 Å². The van der Waals surface area contributed by atoms with Gasteiger partial charge in [0.1, 0.15) is 86.7 Å². The van der Waals surface area contributed by atoms with Crippen molar-refractivity contribution in [1.82, 2.24) is 0 Å². The van der Waals surface area contributed by atoms with Crippen molar-refractivity contribution in [3.63, 3.8) is 0 Å². The minimum Gasteiger partial charge on any atom is -0.300 e. The Balaban J connectivity index is -0.000000519. The molecule has 0 aromatic heterocycles. The number of carbonyl (C=O) groups excluding carboxylic acids is 15. The molecule has 0 atom stereocenters. The third-order valence-electron chi connectivity index (χ3n) is 11.1. The molecule has 0 aliphatic rings. The van der Waals surface area contributed by atoms with Crippen LogP contribution in [-0.4, -0.2) is 167 Å². The van der Waals surface area contributed by atoms with Crippen LogP contribution >= 0.6 is 82.3 Å². The Bertz CT molecular complexity index is 1970. The second-order valence-corrected chi connectivity index (χ2v) is 28.2. The number of ketones is 15. The first-order valence-electron chi connectivity index (χ1n) is 30.1. The molecule has 85 heavy (non-hydrogen) atoms. The largest absolute Gasteiger partial charge is 0.300 e. The first-order valence-corrected chi connectivity index (χ1v) is 38.2. The van der Waals surface area contributed by atoms with E-state index in [4.69, 9.17) is 0 Å². The van der Waals surface area contributed by atoms with E-state index in [-0.39, 0.29) is 99.6 Å². The van der Waals surface area contributed by atoms with Crippen molar-refractivity contribution in [3.8, 4) is 0 Å². The normalized spacial score (nSPS) is 10.4. The number of hydrogen-bond donors (Lipinski definition) is 0. The molecular weight excluding hydrogens is 1220 g/mol. The summed E-state index contributed by atoms with van der Waals surface area (Å²) in [5.74, 6) is 10.6. The van der Waals surface area contributed by atoms with Crippen LogP contribution in [0.3, 0.4) is 0 Å². The molecule has 0 aliphatic carbocycles. The molecule has 0 rings (SSSR count). The molecule has 0 bridgehead atoms. The molecule has 0 aliphatic heterocycles. The summed E-state index contributed by atoms with van der Waals surface area (Å²) in [6.07, 6.45) is 13.7. The Morgan fingerprint density at radius 1 is 0.200 bits per heavy atom. The fraction of sp³-hybridized carbons (Fsp3) is 0.762. The van der Waals surface area contributed by atoms with Crippen molar-refractivity contribution in [2.75, 3.05) is 80.5 Å². The lowest BCUT2D eigenvalue weighted by Gasteiger charge is -2.03. The maximum absolute atomic E-state index is 11.7. The summed E-state index contributed by atoms with van der Waals surface area (Å²) in [6, 6.07) is 0. The molecule has 0 saturated heterocycles. The maximum atomic E-state index is 11.7. The van der Waals surface area contributed by atoms with E-state index in [0.717, 1.165) is 48.7 Å². The van der Waals surface area contributed by atoms with Gasteiger partial charge in [0.15, 0.2) is 0 Å². The molecule has 15 nitrogen and oxygen atoms in total. The third kappa shape index (κ3) is 77.5. The SMILES string of the molecule is CCCSCC(=O)CCCC(=O)CC(C)=O.CCCSCC(=O)CCCC(=O)CSCCC(=O)CC(C)=O.CCCSCC(=O)CCCC(=O)CSCCC(=O)CCC(C)=O.CCCSCC(=O)CCCC(=O)CSCCC(=O)CCCC(C)=O. The van der Waals surface area contributed by atoms with Gasteiger partial charge in [0.2, 0.25) is 0 Å². The first-order chi connectivity index (χ1) is 40.4. The van der Waals surface area contributed by atoms with Gasteiger partial charge in [-0.3, -0.25) is 62.3 Å². The van der Waals surface area contributed by atoms with Crippen LogP contribution in [0.2, 0.25) is 0 Å². The molecular formula is C63H104O15S7. The predicted molar refractivity (Wildman–Crippen MR) is 362 cm³/mol. The molecule has 0 aromatic carbocycles. The van der Waals surface area contributed by atoms with Gasteiger partial charge in [0.25, 0.3) is 0 Å². The topological polar surface area (TPSA) is 256 Å². The summed E-state index contributed by atoms with van der Waals surface area (Å²) < 4.78 is 0. The molecule has 0 N–H and O–H groups in total. The second-order valence-electron chi connectivity index (χ2n) is 20.5. The van der Waals surface area contributed by atoms with Gasteiger partial charge in [-0.15, -0.1) is 0 Å². The molecule has 22 heteroatoms. The Kier molecular flexibility index (Phi) is 69.0. The van der Waals surface area contributed by atoms with Crippen molar-refractivity contribution in [1.29, 1.82) is 0 Å². The average Bonchev–Trinajstić information content (AvgIpc) is 3.42. The second kappa shape index (κ2) is 65.9. The fourth-order valence-corrected chi connectivity index (χ4v) is 12.6. The number of Topliss-reactive ketones (excluding diaryl/α,β-unsaturated/α-hetero) is 15. The van der Waals surface area contributed by atoms with Gasteiger partial charge in [0, 0.05) is 114 Å². The van der Waals surface area contributed by atoms with E-state index < -0.39 is 0 Å². The molecule has 0 heterocycles. The molecule has 0 aromatic rings. The summed E-state index contributed by atoms with van der Waals surface area (Å²) in [5.41, 5.74) is 0. The third-order valence-corrected chi connectivity index (χ3v) is 19.0. The highest BCUT2D eigenvalue weighted by atomic mass is 32.2. The highest BCUT2D eigenvalue weighted by Crippen LogP contribution is 2.14. The summed E-state index contributed by atoms with van der Waals surface area (Å²) in [6.45, 7) is 14.2. The molecule has 0 saturated carbocycles. The zero-order valence-corrected chi connectivity index (χ0v) is 58.5. The van der Waals surface area contributed by atoms with Crippen LogP contribution in [0.15, 0.2) is 0 Å². The predicted octanol–water partition coefficient (Wildman–Crippen LogP) is 12.9. The monoisotopic (exact) mass is 1320 g/mol. The Morgan fingerprint density at radius 3 is 0.647 bits per heavy atom. The minimum atomic E-state index is -0.118. The van der Waals surface area contributed by atoms with E-state index in [0.29, 0.717) is 186 Å². The summed E-state index contributed by atoms with van der Waals surface area (Å²) in [5, 5.41) is 0. The van der Waals surface area contributed by atoms with Crippen LogP contribution in [0.25, 0.3) is 0 Å². The standard InChI is InChI=1S/C18H30O4S2.C17H28O4S2.C16H26O4S2.C12H20O3S/c1-3-11-23-13-17(21)8-5-9-18(22)14-24-12-10-16(20)7-4-6-15(2)19;1-3-10-22-12-16(20)5-4-6-17(21)13-23-11-9-15(19)8-7-14(2)18;1-3-8-21-11-15(19)5-4-6-16(20)12-22-9-7-14(18)10-13(2)17;1-3-7-16-9-12(15)6-4-5-11(14)8-10(2)13/h3-14H2,1-2H3;3-13H2,1-2H3;3-12H2,1-2H3;3-9H2,1-2H3. The zero-order valence-electron chi connectivity index (χ0n) is 52.8. The van der Waals surface area contributed by atoms with Crippen LogP contribution in [0, 0.1) is 0 Å². The maximum Gasteiger partial charge on any atom is 0.142 e. The van der Waals surface area contributed by atoms with Crippen molar-refractivity contribution < 1.29 is 71.9 Å². The van der Waals surface area contributed by atoms with E-state index in [1.807, 2.05) is 0 Å². The molecule has 488 valence electrons. The minimum absolute atomic E-state index is 0.00728. The Hall–Kier alpha value is -2.50. The highest BCUT2D eigenvalue weighted by molar-refractivity contribution is 8.01. The smallest absolute Gasteiger partial charge is 0.142 e. The van der Waals surface area contributed by atoms with Crippen LogP contribution in [0.5, 0.6) is 0 Å². The molecule has 0 fully saturated rings. The quantitative estimate of drug-likeness (QED) is 0.0405. The Morgan fingerprint density at radius 2 is 0.400 bits per heavy atom. The Labute approximate surface area is 540 Å². The number of rotatable bonds is 58. The van der Waals surface area contributed by atoms with E-state index >= 15 is 0 Å². The lowest BCUT2D eigenvalue weighted by Crippen LogP contribution is -2.08. The van der Waals surface area contributed by atoms with E-state index in [1.54, 1.807) is 47.0 Å². The lowest BCUT2D eigenvalue weighted by atomic mass is 10.1. The van der Waals surface area contributed by atoms with Crippen LogP contribution in [0.1, 0.15) is 222 Å². The van der Waals surface area contributed by atoms with E-state index in [9.17, 15) is 71.9 Å². The summed E-state index contributed by atoms with van der Waals surface area (Å²) in [7, 11) is 0. The molecule has 0 radical (unpaired) electrons. The van der Waals surface area contributed by atoms with Gasteiger partial charge >= 0.3 is 0 Å². The van der Waals surface area contributed by atoms with Crippen LogP contribution in [0.4, 0.5) is 0 Å². The molecule has 0 amide bonds. The van der Waals surface area contributed by atoms with E-state index in [2.05, 4.69) is 27.7 Å². The van der Waals surface area contributed by atoms with Crippen molar-refractivity contribution in [2.45, 2.75) is 222 Å². The van der Waals surface area contributed by atoms with Crippen molar-refractivity contribution in [3.05, 3.63) is 0 Å². The number of thioether (sulfide) groups is 7. The number of carbonyl (C=O) groups is 15. The van der Waals surface area contributed by atoms with Crippen LogP contribution in [-0.2, 0) is 71.9 Å². The zero-order chi connectivity index (χ0) is 64.9. The lowest BCUT2D eigenvalue weighted by molar-refractivity contribution is -0.127. The number of hydrogen-bond acceptors (Lipinski definition) is 22. The van der Waals surface area contributed by atoms with E-state index in [1.165, 1.54) is 63.0 Å². The summed E-state index contributed by atoms with van der Waals surface area (Å²) >= 11 is 11.0. The van der Waals surface area contributed by atoms with Crippen LogP contribution < -0.4 is 0 Å².